The van der Waals surface area contributed by atoms with Crippen LogP contribution < -0.4 is 0 Å². The van der Waals surface area contributed by atoms with Crippen LogP contribution in [0.3, 0.4) is 0 Å². The number of ketones is 1. The maximum absolute atomic E-state index is 12.4. The minimum Gasteiger partial charge on any atom is -0.347 e. The third kappa shape index (κ3) is 2.24. The highest BCUT2D eigenvalue weighted by Crippen LogP contribution is 2.53. The van der Waals surface area contributed by atoms with E-state index in [-0.39, 0.29) is 5.78 Å². The van der Waals surface area contributed by atoms with E-state index in [9.17, 15) is 4.79 Å². The zero-order valence-electron chi connectivity index (χ0n) is 11.7. The summed E-state index contributed by atoms with van der Waals surface area (Å²) in [5.41, 5.74) is 0.229. The van der Waals surface area contributed by atoms with Crippen LogP contribution >= 0.6 is 0 Å². The molecular formula is C16H20O3. The Hall–Kier alpha value is -1.45. The number of hydrogen-bond acceptors (Lipinski definition) is 3. The molecule has 2 unspecified atom stereocenters. The molecule has 1 heterocycles. The van der Waals surface area contributed by atoms with Crippen LogP contribution in [0.25, 0.3) is 0 Å². The van der Waals surface area contributed by atoms with Gasteiger partial charge in [0.05, 0.1) is 0 Å². The van der Waals surface area contributed by atoms with Gasteiger partial charge in [-0.25, -0.2) is 0 Å². The number of ether oxygens (including phenoxy) is 2. The van der Waals surface area contributed by atoms with Crippen LogP contribution in [0.2, 0.25) is 0 Å². The van der Waals surface area contributed by atoms with E-state index in [4.69, 9.17) is 9.47 Å². The molecule has 3 nitrogen and oxygen atoms in total. The summed E-state index contributed by atoms with van der Waals surface area (Å²) >= 11 is 0. The predicted octanol–water partition coefficient (Wildman–Crippen LogP) is 3.21. The van der Waals surface area contributed by atoms with Crippen LogP contribution in [0.5, 0.6) is 0 Å². The van der Waals surface area contributed by atoms with Crippen LogP contribution in [-0.2, 0) is 9.47 Å². The van der Waals surface area contributed by atoms with Gasteiger partial charge in [-0.2, -0.15) is 0 Å². The second kappa shape index (κ2) is 4.91. The highest BCUT2D eigenvalue weighted by atomic mass is 16.8. The summed E-state index contributed by atoms with van der Waals surface area (Å²) in [6, 6.07) is 9.16. The monoisotopic (exact) mass is 260 g/mol. The Morgan fingerprint density at radius 2 is 2.11 bits per heavy atom. The third-order valence-corrected chi connectivity index (χ3v) is 3.64. The normalized spacial score (nSPS) is 25.9. The second-order valence-electron chi connectivity index (χ2n) is 5.25. The van der Waals surface area contributed by atoms with Crippen molar-refractivity contribution in [3.63, 3.8) is 0 Å². The molecule has 0 N–H and O–H groups in total. The SMILES string of the molecule is C=CC(C)(C)C1(OCC)OC1C(=O)c1ccccc1. The average Bonchev–Trinajstić information content (AvgIpc) is 3.16. The topological polar surface area (TPSA) is 38.8 Å². The molecule has 1 aromatic carbocycles. The van der Waals surface area contributed by atoms with Crippen LogP contribution in [-0.4, -0.2) is 24.3 Å². The van der Waals surface area contributed by atoms with Crippen LogP contribution in [0.4, 0.5) is 0 Å². The van der Waals surface area contributed by atoms with Crippen LogP contribution in [0.1, 0.15) is 31.1 Å². The van der Waals surface area contributed by atoms with Crippen LogP contribution in [0.15, 0.2) is 43.0 Å². The molecule has 1 aliphatic heterocycles. The average molecular weight is 260 g/mol. The van der Waals surface area contributed by atoms with Crippen molar-refractivity contribution in [3.05, 3.63) is 48.6 Å². The summed E-state index contributed by atoms with van der Waals surface area (Å²) < 4.78 is 11.4. The number of rotatable bonds is 6. The van der Waals surface area contributed by atoms with Gasteiger partial charge in [0.25, 0.3) is 0 Å². The van der Waals surface area contributed by atoms with Crippen molar-refractivity contribution in [1.82, 2.24) is 0 Å². The zero-order valence-corrected chi connectivity index (χ0v) is 11.7. The van der Waals surface area contributed by atoms with Crippen molar-refractivity contribution in [2.24, 2.45) is 5.41 Å². The van der Waals surface area contributed by atoms with Gasteiger partial charge in [0.15, 0.2) is 11.9 Å². The molecule has 3 heteroatoms. The predicted molar refractivity (Wildman–Crippen MR) is 74.0 cm³/mol. The summed E-state index contributed by atoms with van der Waals surface area (Å²) in [5.74, 6) is -0.917. The van der Waals surface area contributed by atoms with Crippen LogP contribution in [0, 0.1) is 5.41 Å². The molecule has 0 saturated carbocycles. The van der Waals surface area contributed by atoms with Gasteiger partial charge in [0, 0.05) is 17.6 Å². The molecule has 19 heavy (non-hydrogen) atoms. The largest absolute Gasteiger partial charge is 0.347 e. The van der Waals surface area contributed by atoms with Crippen molar-refractivity contribution >= 4 is 5.78 Å². The summed E-state index contributed by atoms with van der Waals surface area (Å²) in [7, 11) is 0. The van der Waals surface area contributed by atoms with E-state index in [1.54, 1.807) is 18.2 Å². The number of benzene rings is 1. The van der Waals surface area contributed by atoms with Crippen molar-refractivity contribution in [3.8, 4) is 0 Å². The van der Waals surface area contributed by atoms with Gasteiger partial charge in [0.1, 0.15) is 0 Å². The quantitative estimate of drug-likeness (QED) is 0.448. The van der Waals surface area contributed by atoms with Crippen molar-refractivity contribution in [1.29, 1.82) is 0 Å². The summed E-state index contributed by atoms with van der Waals surface area (Å²) in [4.78, 5) is 12.4. The molecule has 102 valence electrons. The molecular weight excluding hydrogens is 240 g/mol. The minimum absolute atomic E-state index is 0.0380. The molecule has 0 aromatic heterocycles. The van der Waals surface area contributed by atoms with Crippen molar-refractivity contribution < 1.29 is 14.3 Å². The Balaban J connectivity index is 2.24. The highest BCUT2D eigenvalue weighted by molar-refractivity contribution is 6.01. The Morgan fingerprint density at radius 1 is 1.47 bits per heavy atom. The number of carbonyl (C=O) groups excluding carboxylic acids is 1. The van der Waals surface area contributed by atoms with E-state index >= 15 is 0 Å². The molecule has 0 amide bonds. The molecule has 1 aromatic rings. The third-order valence-electron chi connectivity index (χ3n) is 3.64. The van der Waals surface area contributed by atoms with Crippen molar-refractivity contribution in [2.45, 2.75) is 32.7 Å². The van der Waals surface area contributed by atoms with Crippen molar-refractivity contribution in [2.75, 3.05) is 6.61 Å². The van der Waals surface area contributed by atoms with Gasteiger partial charge in [-0.3, -0.25) is 4.79 Å². The lowest BCUT2D eigenvalue weighted by atomic mass is 9.83. The van der Waals surface area contributed by atoms with E-state index in [0.29, 0.717) is 12.2 Å². The zero-order chi connectivity index (χ0) is 14.1. The molecule has 2 atom stereocenters. The molecule has 2 rings (SSSR count). The van der Waals surface area contributed by atoms with Gasteiger partial charge in [-0.05, 0) is 6.92 Å². The maximum Gasteiger partial charge on any atom is 0.212 e. The van der Waals surface area contributed by atoms with Gasteiger partial charge in [0.2, 0.25) is 5.79 Å². The molecule has 0 bridgehead atoms. The van der Waals surface area contributed by atoms with Gasteiger partial charge < -0.3 is 9.47 Å². The minimum atomic E-state index is -0.879. The standard InChI is InChI=1S/C16H20O3/c1-5-15(3,4)16(18-6-2)14(19-16)13(17)12-10-8-7-9-11-12/h5,7-11,14H,1,6H2,2-4H3. The van der Waals surface area contributed by atoms with Gasteiger partial charge >= 0.3 is 0 Å². The van der Waals surface area contributed by atoms with Gasteiger partial charge in [-0.15, -0.1) is 6.58 Å². The first-order chi connectivity index (χ1) is 8.98. The maximum atomic E-state index is 12.4. The lowest BCUT2D eigenvalue weighted by molar-refractivity contribution is -0.0957. The number of hydrogen-bond donors (Lipinski definition) is 0. The first kappa shape index (κ1) is 14.0. The van der Waals surface area contributed by atoms with E-state index in [1.165, 1.54) is 0 Å². The smallest absolute Gasteiger partial charge is 0.212 e. The Labute approximate surface area is 114 Å². The lowest BCUT2D eigenvalue weighted by Crippen LogP contribution is -2.38. The fourth-order valence-corrected chi connectivity index (χ4v) is 2.26. The highest BCUT2D eigenvalue weighted by Gasteiger charge is 2.69. The first-order valence-electron chi connectivity index (χ1n) is 6.53. The Bertz CT molecular complexity index is 478. The second-order valence-corrected chi connectivity index (χ2v) is 5.25. The Morgan fingerprint density at radius 3 is 2.63 bits per heavy atom. The van der Waals surface area contributed by atoms with E-state index < -0.39 is 17.3 Å². The summed E-state index contributed by atoms with van der Waals surface area (Å²) in [6.07, 6.45) is 1.23. The number of carbonyl (C=O) groups is 1. The Kier molecular flexibility index (Phi) is 3.61. The summed E-state index contributed by atoms with van der Waals surface area (Å²) in [5, 5.41) is 0. The molecule has 1 saturated heterocycles. The fraction of sp³-hybridized carbons (Fsp3) is 0.438. The van der Waals surface area contributed by atoms with E-state index in [2.05, 4.69) is 6.58 Å². The molecule has 1 fully saturated rings. The molecule has 0 aliphatic carbocycles. The molecule has 0 radical (unpaired) electrons. The summed E-state index contributed by atoms with van der Waals surface area (Å²) in [6.45, 7) is 10.1. The van der Waals surface area contributed by atoms with Gasteiger partial charge in [-0.1, -0.05) is 50.3 Å². The first-order valence-corrected chi connectivity index (χ1v) is 6.53. The van der Waals surface area contributed by atoms with E-state index in [1.807, 2.05) is 39.0 Å². The van der Waals surface area contributed by atoms with E-state index in [0.717, 1.165) is 0 Å². The fourth-order valence-electron chi connectivity index (χ4n) is 2.26. The number of Topliss-reactive ketones (excluding diaryl/α,β-unsaturated/α-hetero) is 1. The molecule has 0 spiro atoms. The molecule has 1 aliphatic rings. The lowest BCUT2D eigenvalue weighted by Gasteiger charge is -2.28. The number of epoxide rings is 1.